The summed E-state index contributed by atoms with van der Waals surface area (Å²) < 4.78 is 0. The minimum atomic E-state index is -0.515. The highest BCUT2D eigenvalue weighted by molar-refractivity contribution is 8.14. The van der Waals surface area contributed by atoms with Crippen molar-refractivity contribution in [3.05, 3.63) is 29.8 Å². The summed E-state index contributed by atoms with van der Waals surface area (Å²) in [5.41, 5.74) is 2.04. The van der Waals surface area contributed by atoms with Crippen molar-refractivity contribution in [1.29, 1.82) is 0 Å². The Morgan fingerprint density at radius 2 is 2.23 bits per heavy atom. The van der Waals surface area contributed by atoms with Gasteiger partial charge in [0.1, 0.15) is 0 Å². The van der Waals surface area contributed by atoms with Crippen LogP contribution in [0.4, 0.5) is 10.5 Å². The highest BCUT2D eigenvalue weighted by Gasteiger charge is 2.32. The maximum absolute atomic E-state index is 11.7. The van der Waals surface area contributed by atoms with E-state index in [-0.39, 0.29) is 17.7 Å². The maximum Gasteiger partial charge on any atom is 0.321 e. The number of carbonyl (C=O) groups is 2. The molecule has 0 fully saturated rings. The summed E-state index contributed by atoms with van der Waals surface area (Å²) in [4.78, 5) is 27.4. The lowest BCUT2D eigenvalue weighted by molar-refractivity contribution is -0.117. The summed E-state index contributed by atoms with van der Waals surface area (Å²) >= 11 is 1.27. The van der Waals surface area contributed by atoms with Crippen LogP contribution in [0, 0.1) is 0 Å². The Morgan fingerprint density at radius 3 is 3.05 bits per heavy atom. The van der Waals surface area contributed by atoms with Crippen molar-refractivity contribution in [1.82, 2.24) is 15.6 Å². The van der Waals surface area contributed by atoms with Gasteiger partial charge in [0.15, 0.2) is 5.17 Å². The number of fused-ring (bicyclic) bond motifs is 3. The van der Waals surface area contributed by atoms with Gasteiger partial charge in [-0.15, -0.1) is 0 Å². The number of imide groups is 1. The molecule has 0 radical (unpaired) electrons. The minimum Gasteiger partial charge on any atom is -0.341 e. The van der Waals surface area contributed by atoms with Gasteiger partial charge in [-0.1, -0.05) is 30.0 Å². The first-order valence-corrected chi connectivity index (χ1v) is 7.81. The van der Waals surface area contributed by atoms with Crippen LogP contribution in [0.3, 0.4) is 0 Å². The molecule has 2 N–H and O–H groups in total. The number of urea groups is 1. The average molecular weight is 317 g/mol. The van der Waals surface area contributed by atoms with E-state index >= 15 is 0 Å². The van der Waals surface area contributed by atoms with Gasteiger partial charge in [0.05, 0.1) is 17.5 Å². The Labute approximate surface area is 131 Å². The van der Waals surface area contributed by atoms with Gasteiger partial charge in [0.25, 0.3) is 0 Å². The van der Waals surface area contributed by atoms with Crippen LogP contribution in [0.2, 0.25) is 0 Å². The molecule has 1 unspecified atom stereocenters. The number of benzene rings is 1. The second-order valence-corrected chi connectivity index (χ2v) is 5.71. The Morgan fingerprint density at radius 1 is 1.41 bits per heavy atom. The molecule has 1 atom stereocenters. The van der Waals surface area contributed by atoms with E-state index in [4.69, 9.17) is 0 Å². The number of para-hydroxylation sites is 1. The van der Waals surface area contributed by atoms with Crippen molar-refractivity contribution in [3.8, 4) is 0 Å². The first-order valence-electron chi connectivity index (χ1n) is 6.82. The zero-order chi connectivity index (χ0) is 15.5. The van der Waals surface area contributed by atoms with Crippen molar-refractivity contribution in [2.24, 2.45) is 10.1 Å². The fourth-order valence-electron chi connectivity index (χ4n) is 2.34. The van der Waals surface area contributed by atoms with Gasteiger partial charge >= 0.3 is 6.03 Å². The van der Waals surface area contributed by atoms with Gasteiger partial charge in [-0.3, -0.25) is 10.1 Å². The van der Waals surface area contributed by atoms with Crippen molar-refractivity contribution < 1.29 is 9.59 Å². The van der Waals surface area contributed by atoms with Gasteiger partial charge in [0, 0.05) is 25.2 Å². The molecule has 0 bridgehead atoms. The van der Waals surface area contributed by atoms with Crippen LogP contribution in [-0.4, -0.2) is 41.1 Å². The van der Waals surface area contributed by atoms with Crippen molar-refractivity contribution >= 4 is 40.8 Å². The van der Waals surface area contributed by atoms with E-state index in [1.165, 1.54) is 18.8 Å². The van der Waals surface area contributed by atoms with E-state index in [1.807, 2.05) is 35.5 Å². The number of carbonyl (C=O) groups excluding carboxylic acids is 2. The average Bonchev–Trinajstić information content (AvgIpc) is 3.02. The van der Waals surface area contributed by atoms with E-state index in [1.54, 1.807) is 0 Å². The van der Waals surface area contributed by atoms with Gasteiger partial charge < -0.3 is 5.32 Å². The quantitative estimate of drug-likeness (QED) is 0.867. The van der Waals surface area contributed by atoms with E-state index in [9.17, 15) is 9.59 Å². The van der Waals surface area contributed by atoms with Crippen LogP contribution in [0.25, 0.3) is 0 Å². The third-order valence-corrected chi connectivity index (χ3v) is 4.29. The number of thioether (sulfide) groups is 1. The topological polar surface area (TPSA) is 86.2 Å². The Balaban J connectivity index is 1.73. The normalized spacial score (nSPS) is 18.3. The lowest BCUT2D eigenvalue weighted by atomic mass is 10.0. The molecule has 2 aliphatic heterocycles. The number of amides is 3. The predicted octanol–water partition coefficient (Wildman–Crippen LogP) is 1.61. The zero-order valence-electron chi connectivity index (χ0n) is 11.9. The van der Waals surface area contributed by atoms with Crippen LogP contribution in [0.1, 0.15) is 18.0 Å². The van der Waals surface area contributed by atoms with Crippen LogP contribution in [-0.2, 0) is 4.79 Å². The van der Waals surface area contributed by atoms with Gasteiger partial charge in [-0.25, -0.2) is 14.8 Å². The monoisotopic (exact) mass is 317 g/mol. The minimum absolute atomic E-state index is 0.104. The molecule has 0 aliphatic carbocycles. The summed E-state index contributed by atoms with van der Waals surface area (Å²) in [6.07, 6.45) is 2.68. The van der Waals surface area contributed by atoms with Crippen molar-refractivity contribution in [2.75, 3.05) is 12.8 Å². The fraction of sp³-hybridized carbons (Fsp3) is 0.286. The van der Waals surface area contributed by atoms with Crippen LogP contribution in [0.15, 0.2) is 34.4 Å². The molecule has 22 heavy (non-hydrogen) atoms. The SMILES string of the molecule is CNC(=O)NC(=O)CSC1=Nc2ccccc2C2CC=NN12. The van der Waals surface area contributed by atoms with Gasteiger partial charge in [-0.2, -0.15) is 5.10 Å². The zero-order valence-corrected chi connectivity index (χ0v) is 12.8. The van der Waals surface area contributed by atoms with Crippen molar-refractivity contribution in [3.63, 3.8) is 0 Å². The lowest BCUT2D eigenvalue weighted by Crippen LogP contribution is -2.39. The second-order valence-electron chi connectivity index (χ2n) is 4.76. The molecule has 8 heteroatoms. The Hall–Kier alpha value is -2.35. The van der Waals surface area contributed by atoms with Crippen LogP contribution >= 0.6 is 11.8 Å². The number of amidine groups is 1. The van der Waals surface area contributed by atoms with E-state index in [0.717, 1.165) is 17.7 Å². The molecular formula is C14H15N5O2S. The molecular weight excluding hydrogens is 302 g/mol. The number of nitrogens with zero attached hydrogens (tertiary/aromatic N) is 3. The largest absolute Gasteiger partial charge is 0.341 e. The summed E-state index contributed by atoms with van der Waals surface area (Å²) in [5, 5.41) is 11.4. The molecule has 2 heterocycles. The van der Waals surface area contributed by atoms with Gasteiger partial charge in [-0.05, 0) is 6.07 Å². The number of hydrogen-bond donors (Lipinski definition) is 2. The molecule has 0 spiro atoms. The summed E-state index contributed by atoms with van der Waals surface area (Å²) in [5.74, 6) is -0.265. The van der Waals surface area contributed by atoms with E-state index in [2.05, 4.69) is 20.7 Å². The predicted molar refractivity (Wildman–Crippen MR) is 86.3 cm³/mol. The van der Waals surface area contributed by atoms with E-state index in [0.29, 0.717) is 5.17 Å². The Bertz CT molecular complexity index is 673. The standard InChI is InChI=1S/C14H15N5O2S/c1-15-13(21)18-12(20)8-22-14-17-10-5-3-2-4-9(10)11-6-7-16-19(11)14/h2-5,7,11H,6,8H2,1H3,(H2,15,18,20,21). The molecule has 7 nitrogen and oxygen atoms in total. The molecule has 0 saturated carbocycles. The van der Waals surface area contributed by atoms with Crippen molar-refractivity contribution in [2.45, 2.75) is 12.5 Å². The highest BCUT2D eigenvalue weighted by Crippen LogP contribution is 2.40. The fourth-order valence-corrected chi connectivity index (χ4v) is 3.14. The highest BCUT2D eigenvalue weighted by atomic mass is 32.2. The molecule has 3 amide bonds. The summed E-state index contributed by atoms with van der Waals surface area (Å²) in [6.45, 7) is 0. The summed E-state index contributed by atoms with van der Waals surface area (Å²) in [6, 6.07) is 7.55. The number of hydrogen-bond acceptors (Lipinski definition) is 6. The number of nitrogens with one attached hydrogen (secondary N) is 2. The maximum atomic E-state index is 11.7. The third-order valence-electron chi connectivity index (χ3n) is 3.35. The smallest absolute Gasteiger partial charge is 0.321 e. The van der Waals surface area contributed by atoms with Gasteiger partial charge in [0.2, 0.25) is 5.91 Å². The second kappa shape index (κ2) is 6.18. The molecule has 3 rings (SSSR count). The molecule has 114 valence electrons. The first kappa shape index (κ1) is 14.6. The van der Waals surface area contributed by atoms with E-state index < -0.39 is 6.03 Å². The molecule has 0 aromatic heterocycles. The Kier molecular flexibility index (Phi) is 4.10. The molecule has 1 aromatic rings. The molecule has 1 aromatic carbocycles. The molecule has 2 aliphatic rings. The first-order chi connectivity index (χ1) is 10.7. The van der Waals surface area contributed by atoms with Crippen LogP contribution in [0.5, 0.6) is 0 Å². The number of aliphatic imine (C=N–C) groups is 1. The summed E-state index contributed by atoms with van der Waals surface area (Å²) in [7, 11) is 1.46. The lowest BCUT2D eigenvalue weighted by Gasteiger charge is -2.29. The molecule has 0 saturated heterocycles. The third kappa shape index (κ3) is 2.82. The number of hydrazone groups is 1. The van der Waals surface area contributed by atoms with Crippen LogP contribution < -0.4 is 10.6 Å². The number of rotatable bonds is 2.